The SMILES string of the molecule is CC(C)S(=O)(=O)Nc1ccc(S(=O)(=O)Cl)cc1F. The molecule has 0 unspecified atom stereocenters. The van der Waals surface area contributed by atoms with Crippen molar-refractivity contribution in [1.82, 2.24) is 0 Å². The van der Waals surface area contributed by atoms with Crippen LogP contribution in [0.4, 0.5) is 10.1 Å². The molecule has 0 spiro atoms. The number of hydrogen-bond donors (Lipinski definition) is 1. The fourth-order valence-electron chi connectivity index (χ4n) is 1.00. The van der Waals surface area contributed by atoms with Crippen molar-refractivity contribution in [3.63, 3.8) is 0 Å². The fourth-order valence-corrected chi connectivity index (χ4v) is 2.47. The first-order chi connectivity index (χ1) is 8.04. The molecule has 0 radical (unpaired) electrons. The van der Waals surface area contributed by atoms with Crippen molar-refractivity contribution in [2.24, 2.45) is 0 Å². The summed E-state index contributed by atoms with van der Waals surface area (Å²) >= 11 is 0. The van der Waals surface area contributed by atoms with Crippen molar-refractivity contribution in [1.29, 1.82) is 0 Å². The molecule has 1 aromatic rings. The van der Waals surface area contributed by atoms with Crippen molar-refractivity contribution >= 4 is 35.4 Å². The number of halogens is 2. The summed E-state index contributed by atoms with van der Waals surface area (Å²) < 4.78 is 60.5. The van der Waals surface area contributed by atoms with E-state index >= 15 is 0 Å². The second-order valence-corrected chi connectivity index (χ2v) is 8.58. The minimum atomic E-state index is -4.05. The van der Waals surface area contributed by atoms with Gasteiger partial charge in [0.2, 0.25) is 10.0 Å². The van der Waals surface area contributed by atoms with E-state index in [-0.39, 0.29) is 5.69 Å². The number of hydrogen-bond acceptors (Lipinski definition) is 4. The molecule has 0 aliphatic rings. The van der Waals surface area contributed by atoms with E-state index in [9.17, 15) is 21.2 Å². The molecule has 0 amide bonds. The molecule has 9 heteroatoms. The quantitative estimate of drug-likeness (QED) is 0.861. The van der Waals surface area contributed by atoms with Crippen LogP contribution < -0.4 is 4.72 Å². The van der Waals surface area contributed by atoms with Crippen LogP contribution in [-0.4, -0.2) is 22.1 Å². The lowest BCUT2D eigenvalue weighted by molar-refractivity contribution is 0.590. The van der Waals surface area contributed by atoms with E-state index in [4.69, 9.17) is 10.7 Å². The van der Waals surface area contributed by atoms with Gasteiger partial charge in [-0.15, -0.1) is 0 Å². The minimum absolute atomic E-state index is 0.326. The van der Waals surface area contributed by atoms with Gasteiger partial charge < -0.3 is 0 Å². The van der Waals surface area contributed by atoms with Gasteiger partial charge in [-0.25, -0.2) is 21.2 Å². The van der Waals surface area contributed by atoms with Crippen LogP contribution in [0.3, 0.4) is 0 Å². The zero-order valence-electron chi connectivity index (χ0n) is 9.51. The minimum Gasteiger partial charge on any atom is -0.280 e. The zero-order chi connectivity index (χ0) is 14.1. The van der Waals surface area contributed by atoms with E-state index in [1.54, 1.807) is 0 Å². The summed E-state index contributed by atoms with van der Waals surface area (Å²) in [4.78, 5) is -0.436. The van der Waals surface area contributed by atoms with Gasteiger partial charge >= 0.3 is 0 Å². The second-order valence-electron chi connectivity index (χ2n) is 3.78. The molecule has 0 bridgehead atoms. The highest BCUT2D eigenvalue weighted by atomic mass is 35.7. The molecule has 0 aliphatic heterocycles. The fraction of sp³-hybridized carbons (Fsp3) is 0.333. The third-order valence-corrected chi connectivity index (χ3v) is 5.19. The first-order valence-corrected chi connectivity index (χ1v) is 8.65. The Balaban J connectivity index is 3.16. The topological polar surface area (TPSA) is 80.3 Å². The normalized spacial score (nSPS) is 12.7. The van der Waals surface area contributed by atoms with E-state index in [0.29, 0.717) is 6.07 Å². The van der Waals surface area contributed by atoms with E-state index in [1.165, 1.54) is 13.8 Å². The number of anilines is 1. The molecule has 18 heavy (non-hydrogen) atoms. The predicted molar refractivity (Wildman–Crippen MR) is 67.1 cm³/mol. The molecule has 1 N–H and O–H groups in total. The Kier molecular flexibility index (Phi) is 4.24. The number of benzene rings is 1. The molecule has 0 saturated carbocycles. The van der Waals surface area contributed by atoms with Gasteiger partial charge in [-0.05, 0) is 32.0 Å². The third-order valence-electron chi connectivity index (χ3n) is 2.09. The number of rotatable bonds is 4. The van der Waals surface area contributed by atoms with Gasteiger partial charge in [0.1, 0.15) is 5.82 Å². The lowest BCUT2D eigenvalue weighted by Gasteiger charge is -2.11. The summed E-state index contributed by atoms with van der Waals surface area (Å²) in [5, 5.41) is -0.742. The number of sulfonamides is 1. The molecule has 102 valence electrons. The van der Waals surface area contributed by atoms with Crippen molar-refractivity contribution < 1.29 is 21.2 Å². The summed E-state index contributed by atoms with van der Waals surface area (Å²) in [7, 11) is -2.71. The van der Waals surface area contributed by atoms with Crippen molar-refractivity contribution in [3.8, 4) is 0 Å². The first kappa shape index (κ1) is 15.2. The standard InChI is InChI=1S/C9H11ClFNO4S2/c1-6(2)18(15,16)12-9-4-3-7(5-8(9)11)17(10,13)14/h3-6,12H,1-2H3. The Hall–Kier alpha value is -0.860. The lowest BCUT2D eigenvalue weighted by atomic mass is 10.3. The van der Waals surface area contributed by atoms with Gasteiger partial charge in [-0.3, -0.25) is 4.72 Å². The van der Waals surface area contributed by atoms with Crippen LogP contribution in [-0.2, 0) is 19.1 Å². The Morgan fingerprint density at radius 2 is 1.78 bits per heavy atom. The van der Waals surface area contributed by atoms with Gasteiger partial charge in [0.05, 0.1) is 15.8 Å². The smallest absolute Gasteiger partial charge is 0.261 e. The molecule has 0 atom stereocenters. The van der Waals surface area contributed by atoms with E-state index in [1.807, 2.05) is 4.72 Å². The van der Waals surface area contributed by atoms with Crippen LogP contribution in [0.1, 0.15) is 13.8 Å². The third kappa shape index (κ3) is 3.56. The molecule has 0 heterocycles. The van der Waals surface area contributed by atoms with Crippen LogP contribution in [0.5, 0.6) is 0 Å². The van der Waals surface area contributed by atoms with Crippen molar-refractivity contribution in [2.75, 3.05) is 4.72 Å². The summed E-state index contributed by atoms with van der Waals surface area (Å²) in [5.41, 5.74) is -0.326. The lowest BCUT2D eigenvalue weighted by Crippen LogP contribution is -2.23. The molecule has 5 nitrogen and oxygen atoms in total. The van der Waals surface area contributed by atoms with Crippen LogP contribution in [0, 0.1) is 5.82 Å². The molecular formula is C9H11ClFNO4S2. The van der Waals surface area contributed by atoms with E-state index in [0.717, 1.165) is 12.1 Å². The highest BCUT2D eigenvalue weighted by molar-refractivity contribution is 8.13. The van der Waals surface area contributed by atoms with Crippen molar-refractivity contribution in [2.45, 2.75) is 24.0 Å². The monoisotopic (exact) mass is 315 g/mol. The Bertz CT molecular complexity index is 655. The summed E-state index contributed by atoms with van der Waals surface area (Å²) in [6, 6.07) is 2.68. The summed E-state index contributed by atoms with van der Waals surface area (Å²) in [6.45, 7) is 2.86. The Morgan fingerprint density at radius 1 is 1.22 bits per heavy atom. The Morgan fingerprint density at radius 3 is 2.17 bits per heavy atom. The first-order valence-electron chi connectivity index (χ1n) is 4.80. The Labute approximate surface area is 109 Å². The van der Waals surface area contributed by atoms with Gasteiger partial charge in [-0.2, -0.15) is 0 Å². The summed E-state index contributed by atoms with van der Waals surface area (Å²) in [5.74, 6) is -1.01. The van der Waals surface area contributed by atoms with Gasteiger partial charge in [-0.1, -0.05) is 0 Å². The molecule has 0 fully saturated rings. The maximum atomic E-state index is 13.5. The number of nitrogens with one attached hydrogen (secondary N) is 1. The maximum Gasteiger partial charge on any atom is 0.261 e. The molecule has 0 aromatic heterocycles. The average molecular weight is 316 g/mol. The highest BCUT2D eigenvalue weighted by Crippen LogP contribution is 2.22. The van der Waals surface area contributed by atoms with E-state index in [2.05, 4.69) is 0 Å². The van der Waals surface area contributed by atoms with Crippen LogP contribution in [0.25, 0.3) is 0 Å². The highest BCUT2D eigenvalue weighted by Gasteiger charge is 2.19. The largest absolute Gasteiger partial charge is 0.280 e. The molecule has 1 rings (SSSR count). The average Bonchev–Trinajstić information content (AvgIpc) is 2.19. The maximum absolute atomic E-state index is 13.5. The van der Waals surface area contributed by atoms with Gasteiger partial charge in [0, 0.05) is 10.7 Å². The van der Waals surface area contributed by atoms with Crippen molar-refractivity contribution in [3.05, 3.63) is 24.0 Å². The van der Waals surface area contributed by atoms with Crippen LogP contribution in [0.2, 0.25) is 0 Å². The van der Waals surface area contributed by atoms with Gasteiger partial charge in [0.15, 0.2) is 0 Å². The molecular weight excluding hydrogens is 305 g/mol. The molecule has 0 saturated heterocycles. The summed E-state index contributed by atoms with van der Waals surface area (Å²) in [6.07, 6.45) is 0. The zero-order valence-corrected chi connectivity index (χ0v) is 11.9. The van der Waals surface area contributed by atoms with E-state index < -0.39 is 35.0 Å². The second kappa shape index (κ2) is 5.02. The van der Waals surface area contributed by atoms with Crippen LogP contribution in [0.15, 0.2) is 23.1 Å². The molecule has 0 aliphatic carbocycles. The molecule has 1 aromatic carbocycles. The van der Waals surface area contributed by atoms with Crippen LogP contribution >= 0.6 is 10.7 Å². The van der Waals surface area contributed by atoms with Gasteiger partial charge in [0.25, 0.3) is 9.05 Å². The predicted octanol–water partition coefficient (Wildman–Crippen LogP) is 1.90.